The third-order valence-electron chi connectivity index (χ3n) is 4.26. The first kappa shape index (κ1) is 16.9. The van der Waals surface area contributed by atoms with Gasteiger partial charge in [-0.05, 0) is 29.8 Å². The Hall–Kier alpha value is -3.54. The van der Waals surface area contributed by atoms with Gasteiger partial charge in [0.2, 0.25) is 0 Å². The molecule has 2 heterocycles. The fourth-order valence-corrected chi connectivity index (χ4v) is 2.96. The topological polar surface area (TPSA) is 69.6 Å². The molecule has 1 amide bonds. The minimum atomic E-state index is -0.695. The lowest BCUT2D eigenvalue weighted by Crippen LogP contribution is -2.25. The highest BCUT2D eigenvalue weighted by Gasteiger charge is 2.21. The van der Waals surface area contributed by atoms with Crippen LogP contribution in [0.2, 0.25) is 0 Å². The van der Waals surface area contributed by atoms with Crippen molar-refractivity contribution < 1.29 is 19.1 Å². The van der Waals surface area contributed by atoms with E-state index < -0.39 is 11.7 Å². The number of nitrogens with one attached hydrogen (secondary N) is 1. The van der Waals surface area contributed by atoms with Gasteiger partial charge in [-0.2, -0.15) is 0 Å². The molecule has 2 aromatic carbocycles. The first-order chi connectivity index (χ1) is 13.2. The number of ether oxygens (including phenoxy) is 2. The van der Waals surface area contributed by atoms with Gasteiger partial charge in [0.15, 0.2) is 11.5 Å². The van der Waals surface area contributed by atoms with Gasteiger partial charge in [-0.15, -0.1) is 0 Å². The molecular formula is C21H18N2O4. The number of fused-ring (bicyclic) bond motifs is 1. The van der Waals surface area contributed by atoms with E-state index in [1.807, 2.05) is 30.3 Å². The lowest BCUT2D eigenvalue weighted by molar-refractivity contribution is -0.112. The van der Waals surface area contributed by atoms with Crippen LogP contribution >= 0.6 is 0 Å². The molecule has 6 heteroatoms. The van der Waals surface area contributed by atoms with E-state index in [-0.39, 0.29) is 0 Å². The Kier molecular flexibility index (Phi) is 4.61. The number of rotatable bonds is 5. The first-order valence-corrected chi connectivity index (χ1v) is 8.65. The van der Waals surface area contributed by atoms with Crippen LogP contribution in [0.4, 0.5) is 5.69 Å². The number of carbonyl (C=O) groups is 2. The third kappa shape index (κ3) is 3.69. The van der Waals surface area contributed by atoms with Crippen molar-refractivity contribution in [2.24, 2.45) is 0 Å². The molecule has 0 radical (unpaired) electrons. The summed E-state index contributed by atoms with van der Waals surface area (Å²) in [4.78, 5) is 25.1. The molecule has 0 saturated heterocycles. The molecule has 0 spiro atoms. The van der Waals surface area contributed by atoms with Gasteiger partial charge in [-0.1, -0.05) is 30.3 Å². The van der Waals surface area contributed by atoms with E-state index in [1.54, 1.807) is 41.1 Å². The molecule has 0 saturated carbocycles. The van der Waals surface area contributed by atoms with Crippen LogP contribution in [0.15, 0.2) is 66.9 Å². The van der Waals surface area contributed by atoms with Gasteiger partial charge in [0.25, 0.3) is 11.7 Å². The third-order valence-corrected chi connectivity index (χ3v) is 4.26. The molecule has 0 bridgehead atoms. The zero-order chi connectivity index (χ0) is 18.6. The van der Waals surface area contributed by atoms with E-state index >= 15 is 0 Å². The Morgan fingerprint density at radius 3 is 2.52 bits per heavy atom. The van der Waals surface area contributed by atoms with Crippen LogP contribution < -0.4 is 14.8 Å². The van der Waals surface area contributed by atoms with Crippen molar-refractivity contribution >= 4 is 17.4 Å². The molecule has 1 aliphatic rings. The second kappa shape index (κ2) is 7.37. The molecule has 0 aliphatic carbocycles. The summed E-state index contributed by atoms with van der Waals surface area (Å²) in [6.07, 6.45) is 1.79. The maximum Gasteiger partial charge on any atom is 0.298 e. The van der Waals surface area contributed by atoms with Crippen LogP contribution in [0, 0.1) is 0 Å². The molecule has 4 rings (SSSR count). The second-order valence-corrected chi connectivity index (χ2v) is 6.15. The van der Waals surface area contributed by atoms with Crippen LogP contribution in [-0.2, 0) is 11.3 Å². The first-order valence-electron chi connectivity index (χ1n) is 8.65. The Morgan fingerprint density at radius 1 is 0.926 bits per heavy atom. The number of amides is 1. The summed E-state index contributed by atoms with van der Waals surface area (Å²) in [5, 5.41) is 2.63. The summed E-state index contributed by atoms with van der Waals surface area (Å²) in [5.74, 6) is -0.105. The zero-order valence-electron chi connectivity index (χ0n) is 14.6. The molecule has 3 aromatic rings. The summed E-state index contributed by atoms with van der Waals surface area (Å²) in [6.45, 7) is 1.47. The lowest BCUT2D eigenvalue weighted by Gasteiger charge is -2.19. The monoisotopic (exact) mass is 362 g/mol. The minimum Gasteiger partial charge on any atom is -0.486 e. The van der Waals surface area contributed by atoms with Crippen molar-refractivity contribution in [3.8, 4) is 11.5 Å². The average molecular weight is 362 g/mol. The van der Waals surface area contributed by atoms with Crippen LogP contribution in [0.3, 0.4) is 0 Å². The molecule has 1 aromatic heterocycles. The van der Waals surface area contributed by atoms with Crippen molar-refractivity contribution in [3.63, 3.8) is 0 Å². The molecule has 0 fully saturated rings. The summed E-state index contributed by atoms with van der Waals surface area (Å²) < 4.78 is 12.7. The molecule has 0 atom stereocenters. The molecule has 1 N–H and O–H groups in total. The molecule has 27 heavy (non-hydrogen) atoms. The van der Waals surface area contributed by atoms with Gasteiger partial charge in [0.1, 0.15) is 13.2 Å². The number of hydrogen-bond donors (Lipinski definition) is 1. The minimum absolute atomic E-state index is 0.342. The average Bonchev–Trinajstić information content (AvgIpc) is 3.16. The van der Waals surface area contributed by atoms with Gasteiger partial charge in [-0.25, -0.2) is 0 Å². The number of anilines is 1. The van der Waals surface area contributed by atoms with Crippen molar-refractivity contribution in [1.82, 2.24) is 4.57 Å². The van der Waals surface area contributed by atoms with Crippen molar-refractivity contribution in [2.75, 3.05) is 18.5 Å². The highest BCUT2D eigenvalue weighted by atomic mass is 16.6. The smallest absolute Gasteiger partial charge is 0.298 e. The largest absolute Gasteiger partial charge is 0.486 e. The second-order valence-electron chi connectivity index (χ2n) is 6.15. The maximum atomic E-state index is 12.6. The van der Waals surface area contributed by atoms with E-state index in [0.29, 0.717) is 42.6 Å². The number of benzene rings is 2. The Labute approximate surface area is 156 Å². The zero-order valence-corrected chi connectivity index (χ0v) is 14.6. The van der Waals surface area contributed by atoms with Crippen LogP contribution in [0.25, 0.3) is 0 Å². The van der Waals surface area contributed by atoms with Gasteiger partial charge in [-0.3, -0.25) is 9.59 Å². The van der Waals surface area contributed by atoms with Crippen molar-refractivity contribution in [1.29, 1.82) is 0 Å². The molecular weight excluding hydrogens is 344 g/mol. The lowest BCUT2D eigenvalue weighted by atomic mass is 10.2. The SMILES string of the molecule is O=C(Nc1ccc2c(c1)OCCO2)C(=O)c1cccn1Cc1ccccc1. The van der Waals surface area contributed by atoms with E-state index in [9.17, 15) is 9.59 Å². The van der Waals surface area contributed by atoms with Gasteiger partial charge >= 0.3 is 0 Å². The van der Waals surface area contributed by atoms with Crippen LogP contribution in [0.1, 0.15) is 16.1 Å². The number of ketones is 1. The maximum absolute atomic E-state index is 12.6. The molecule has 6 nitrogen and oxygen atoms in total. The summed E-state index contributed by atoms with van der Waals surface area (Å²) >= 11 is 0. The van der Waals surface area contributed by atoms with Gasteiger partial charge in [0.05, 0.1) is 5.69 Å². The Bertz CT molecular complexity index is 979. The number of Topliss-reactive ketones (excluding diaryl/α,β-unsaturated/α-hetero) is 1. The van der Waals surface area contributed by atoms with E-state index in [0.717, 1.165) is 5.56 Å². The van der Waals surface area contributed by atoms with Crippen LogP contribution in [-0.4, -0.2) is 29.5 Å². The number of carbonyl (C=O) groups excluding carboxylic acids is 2. The quantitative estimate of drug-likeness (QED) is 0.559. The summed E-state index contributed by atoms with van der Waals surface area (Å²) in [5.41, 5.74) is 1.88. The fourth-order valence-electron chi connectivity index (χ4n) is 2.96. The van der Waals surface area contributed by atoms with Crippen LogP contribution in [0.5, 0.6) is 11.5 Å². The standard InChI is InChI=1S/C21H18N2O4/c24-20(17-7-4-10-23(17)14-15-5-2-1-3-6-15)21(25)22-16-8-9-18-19(13-16)27-12-11-26-18/h1-10,13H,11-12,14H2,(H,22,25). The Morgan fingerprint density at radius 2 is 1.70 bits per heavy atom. The molecule has 1 aliphatic heterocycles. The molecule has 0 unspecified atom stereocenters. The van der Waals surface area contributed by atoms with Crippen molar-refractivity contribution in [2.45, 2.75) is 6.54 Å². The van der Waals surface area contributed by atoms with E-state index in [1.165, 1.54) is 0 Å². The highest BCUT2D eigenvalue weighted by Crippen LogP contribution is 2.32. The predicted octanol–water partition coefficient (Wildman–Crippen LogP) is 3.13. The number of aromatic nitrogens is 1. The predicted molar refractivity (Wildman–Crippen MR) is 100 cm³/mol. The highest BCUT2D eigenvalue weighted by molar-refractivity contribution is 6.46. The normalized spacial score (nSPS) is 12.4. The summed E-state index contributed by atoms with van der Waals surface area (Å²) in [7, 11) is 0. The Balaban J connectivity index is 1.48. The van der Waals surface area contributed by atoms with E-state index in [4.69, 9.17) is 9.47 Å². The summed E-state index contributed by atoms with van der Waals surface area (Å²) in [6, 6.07) is 18.2. The van der Waals surface area contributed by atoms with E-state index in [2.05, 4.69) is 5.32 Å². The number of hydrogen-bond acceptors (Lipinski definition) is 4. The van der Waals surface area contributed by atoms with Gasteiger partial charge in [0, 0.05) is 24.5 Å². The fraction of sp³-hybridized carbons (Fsp3) is 0.143. The van der Waals surface area contributed by atoms with Crippen molar-refractivity contribution in [3.05, 3.63) is 78.1 Å². The number of nitrogens with zero attached hydrogens (tertiary/aromatic N) is 1. The van der Waals surface area contributed by atoms with Gasteiger partial charge < -0.3 is 19.4 Å². The molecule has 136 valence electrons.